The van der Waals surface area contributed by atoms with Crippen molar-refractivity contribution in [1.29, 1.82) is 0 Å². The van der Waals surface area contributed by atoms with Crippen LogP contribution in [0.3, 0.4) is 0 Å². The summed E-state index contributed by atoms with van der Waals surface area (Å²) >= 11 is 5.60. The van der Waals surface area contributed by atoms with Crippen molar-refractivity contribution in [1.82, 2.24) is 24.6 Å². The number of amides is 2. The van der Waals surface area contributed by atoms with E-state index in [1.54, 1.807) is 35.7 Å². The van der Waals surface area contributed by atoms with Crippen molar-refractivity contribution in [2.75, 3.05) is 6.54 Å². The van der Waals surface area contributed by atoms with Gasteiger partial charge in [-0.2, -0.15) is 5.10 Å². The van der Waals surface area contributed by atoms with Crippen LogP contribution in [0.5, 0.6) is 0 Å². The van der Waals surface area contributed by atoms with Crippen LogP contribution in [0, 0.1) is 11.6 Å². The summed E-state index contributed by atoms with van der Waals surface area (Å²) in [4.78, 5) is 34.9. The number of carbonyl (C=O) groups excluding carboxylic acids is 2. The van der Waals surface area contributed by atoms with E-state index in [1.165, 1.54) is 4.90 Å². The Bertz CT molecular complexity index is 1440. The summed E-state index contributed by atoms with van der Waals surface area (Å²) in [6.07, 6.45) is 2.07. The van der Waals surface area contributed by atoms with Crippen molar-refractivity contribution in [2.45, 2.75) is 71.3 Å². The maximum Gasteiger partial charge on any atom is 0.273 e. The van der Waals surface area contributed by atoms with Gasteiger partial charge in [-0.3, -0.25) is 19.3 Å². The highest BCUT2D eigenvalue weighted by Gasteiger charge is 2.40. The Labute approximate surface area is 230 Å². The normalized spacial score (nSPS) is 20.1. The average Bonchev–Trinajstić information content (AvgIpc) is 3.26. The Balaban J connectivity index is 1.45. The number of fused-ring (bicyclic) bond motifs is 3. The molecule has 2 aromatic heterocycles. The van der Waals surface area contributed by atoms with Gasteiger partial charge < -0.3 is 14.9 Å². The maximum atomic E-state index is 14.1. The van der Waals surface area contributed by atoms with Gasteiger partial charge in [0.25, 0.3) is 11.8 Å². The molecule has 39 heavy (non-hydrogen) atoms. The molecule has 2 amide bonds. The van der Waals surface area contributed by atoms with Crippen LogP contribution in [0.2, 0.25) is 5.02 Å². The van der Waals surface area contributed by atoms with Gasteiger partial charge >= 0.3 is 0 Å². The Hall–Kier alpha value is -3.37. The molecule has 0 bridgehead atoms. The quantitative estimate of drug-likeness (QED) is 0.465. The molecule has 0 saturated heterocycles. The van der Waals surface area contributed by atoms with Crippen LogP contribution < -0.4 is 0 Å². The first kappa shape index (κ1) is 27.2. The second kappa shape index (κ2) is 9.67. The van der Waals surface area contributed by atoms with Crippen molar-refractivity contribution < 1.29 is 23.5 Å². The highest BCUT2D eigenvalue weighted by atomic mass is 35.5. The summed E-state index contributed by atoms with van der Waals surface area (Å²) in [7, 11) is 0. The summed E-state index contributed by atoms with van der Waals surface area (Å²) in [6.45, 7) is 9.58. The number of hydrogen-bond donors (Lipinski definition) is 1. The lowest BCUT2D eigenvalue weighted by atomic mass is 9.96. The van der Waals surface area contributed by atoms with Crippen LogP contribution in [-0.4, -0.2) is 54.1 Å². The van der Waals surface area contributed by atoms with E-state index in [4.69, 9.17) is 16.7 Å². The number of carbonyl (C=O) groups is 2. The number of pyridine rings is 1. The van der Waals surface area contributed by atoms with Crippen molar-refractivity contribution in [3.05, 3.63) is 80.9 Å². The Kier molecular flexibility index (Phi) is 6.75. The predicted molar refractivity (Wildman–Crippen MR) is 140 cm³/mol. The number of nitrogens with zero attached hydrogens (tertiary/aromatic N) is 5. The van der Waals surface area contributed by atoms with E-state index < -0.39 is 28.2 Å². The van der Waals surface area contributed by atoms with Crippen molar-refractivity contribution >= 4 is 23.4 Å². The molecule has 5 rings (SSSR count). The monoisotopic (exact) mass is 557 g/mol. The molecular formula is C28H30ClF2N5O3. The number of aliphatic hydroxyl groups is 1. The molecular weight excluding hydrogens is 528 g/mol. The van der Waals surface area contributed by atoms with E-state index >= 15 is 0 Å². The minimum absolute atomic E-state index is 0.0824. The van der Waals surface area contributed by atoms with Gasteiger partial charge in [-0.15, -0.1) is 0 Å². The van der Waals surface area contributed by atoms with Crippen LogP contribution in [0.15, 0.2) is 30.5 Å². The van der Waals surface area contributed by atoms with Crippen LogP contribution in [0.4, 0.5) is 8.78 Å². The van der Waals surface area contributed by atoms with E-state index in [1.807, 2.05) is 26.8 Å². The van der Waals surface area contributed by atoms with Gasteiger partial charge in [0, 0.05) is 36.3 Å². The van der Waals surface area contributed by atoms with Crippen molar-refractivity contribution in [2.24, 2.45) is 0 Å². The largest absolute Gasteiger partial charge is 0.384 e. The number of halogens is 3. The third kappa shape index (κ3) is 4.69. The van der Waals surface area contributed by atoms with Gasteiger partial charge in [-0.25, -0.2) is 8.78 Å². The Morgan fingerprint density at radius 1 is 1.18 bits per heavy atom. The molecule has 3 atom stereocenters. The number of rotatable bonds is 4. The number of benzene rings is 1. The fraction of sp³-hybridized carbons (Fsp3) is 0.429. The van der Waals surface area contributed by atoms with Crippen LogP contribution in [-0.2, 0) is 18.6 Å². The van der Waals surface area contributed by atoms with Crippen molar-refractivity contribution in [3.63, 3.8) is 0 Å². The van der Waals surface area contributed by atoms with E-state index in [-0.39, 0.29) is 36.1 Å². The van der Waals surface area contributed by atoms with Gasteiger partial charge in [0.15, 0.2) is 0 Å². The zero-order chi connectivity index (χ0) is 28.4. The lowest BCUT2D eigenvalue weighted by molar-refractivity contribution is 0.0572. The van der Waals surface area contributed by atoms with E-state index in [2.05, 4.69) is 4.98 Å². The topological polar surface area (TPSA) is 91.6 Å². The van der Waals surface area contributed by atoms with Gasteiger partial charge in [-0.05, 0) is 58.4 Å². The van der Waals surface area contributed by atoms with E-state index in [9.17, 15) is 23.5 Å². The minimum atomic E-state index is -1.08. The van der Waals surface area contributed by atoms with Crippen molar-refractivity contribution in [3.8, 4) is 0 Å². The summed E-state index contributed by atoms with van der Waals surface area (Å²) in [5, 5.41) is 14.3. The zero-order valence-corrected chi connectivity index (χ0v) is 23.1. The smallest absolute Gasteiger partial charge is 0.273 e. The first-order chi connectivity index (χ1) is 18.3. The zero-order valence-electron chi connectivity index (χ0n) is 22.4. The second-order valence-corrected chi connectivity index (χ2v) is 11.4. The van der Waals surface area contributed by atoms with Gasteiger partial charge in [0.05, 0.1) is 30.0 Å². The summed E-state index contributed by atoms with van der Waals surface area (Å²) in [6, 6.07) is 4.75. The molecule has 206 valence electrons. The highest BCUT2D eigenvalue weighted by molar-refractivity contribution is 6.31. The number of hydrogen-bond acceptors (Lipinski definition) is 5. The summed E-state index contributed by atoms with van der Waals surface area (Å²) < 4.78 is 29.9. The fourth-order valence-electron chi connectivity index (χ4n) is 5.33. The molecule has 0 aliphatic carbocycles. The van der Waals surface area contributed by atoms with Gasteiger partial charge in [-0.1, -0.05) is 17.7 Å². The van der Waals surface area contributed by atoms with E-state index in [0.29, 0.717) is 29.9 Å². The standard InChI is InChI=1S/C28H30ClF2N5O3/c1-14-8-22-19(13-34(14)26(37)18-9-20(30)24(29)21(31)10-18)25-27(38)35(12-15(2)36(25)33-22)16(3)17-6-7-23(32-11-17)28(4,5)39/h6-7,9-11,14-16,39H,8,12-13H2,1-5H3/t14-,15-,16?/m1/s1. The third-order valence-corrected chi connectivity index (χ3v) is 8.00. The molecule has 1 N–H and O–H groups in total. The summed E-state index contributed by atoms with van der Waals surface area (Å²) in [5.41, 5.74) is 1.91. The first-order valence-corrected chi connectivity index (χ1v) is 13.2. The minimum Gasteiger partial charge on any atom is -0.384 e. The third-order valence-electron chi connectivity index (χ3n) is 7.64. The van der Waals surface area contributed by atoms with Crippen LogP contribution in [0.25, 0.3) is 0 Å². The molecule has 11 heteroatoms. The van der Waals surface area contributed by atoms with Gasteiger partial charge in [0.2, 0.25) is 0 Å². The molecule has 2 aliphatic rings. The second-order valence-electron chi connectivity index (χ2n) is 11.0. The molecule has 4 heterocycles. The molecule has 1 unspecified atom stereocenters. The molecule has 0 spiro atoms. The van der Waals surface area contributed by atoms with Crippen LogP contribution >= 0.6 is 11.6 Å². The molecule has 8 nitrogen and oxygen atoms in total. The SMILES string of the molecule is CC(c1ccc(C(C)(C)O)nc1)N1C[C@@H](C)n2nc3c(c2C1=O)CN(C(=O)c1cc(F)c(Cl)c(F)c1)[C@H](C)C3. The molecule has 3 aromatic rings. The van der Waals surface area contributed by atoms with E-state index in [0.717, 1.165) is 23.4 Å². The van der Waals surface area contributed by atoms with Gasteiger partial charge in [0.1, 0.15) is 28.0 Å². The molecule has 0 saturated carbocycles. The highest BCUT2D eigenvalue weighted by Crippen LogP contribution is 2.35. The first-order valence-electron chi connectivity index (χ1n) is 12.8. The molecule has 2 aliphatic heterocycles. The number of aromatic nitrogens is 3. The molecule has 0 radical (unpaired) electrons. The Morgan fingerprint density at radius 2 is 1.85 bits per heavy atom. The Morgan fingerprint density at radius 3 is 2.44 bits per heavy atom. The molecule has 0 fully saturated rings. The summed E-state index contributed by atoms with van der Waals surface area (Å²) in [5.74, 6) is -2.78. The fourth-order valence-corrected chi connectivity index (χ4v) is 5.44. The lowest BCUT2D eigenvalue weighted by Crippen LogP contribution is -2.45. The molecule has 1 aromatic carbocycles. The predicted octanol–water partition coefficient (Wildman–Crippen LogP) is 4.80. The van der Waals surface area contributed by atoms with Crippen LogP contribution in [0.1, 0.15) is 90.1 Å². The lowest BCUT2D eigenvalue weighted by Gasteiger charge is -2.37. The average molecular weight is 558 g/mol. The maximum absolute atomic E-state index is 14.1.